The van der Waals surface area contributed by atoms with Gasteiger partial charge in [0.05, 0.1) is 4.92 Å². The molecule has 0 radical (unpaired) electrons. The van der Waals surface area contributed by atoms with Crippen molar-refractivity contribution in [3.63, 3.8) is 0 Å². The lowest BCUT2D eigenvalue weighted by Crippen LogP contribution is -2.36. The maximum Gasteiger partial charge on any atom is 0.292 e. The van der Waals surface area contributed by atoms with E-state index in [4.69, 9.17) is 0 Å². The van der Waals surface area contributed by atoms with Gasteiger partial charge in [-0.1, -0.05) is 18.9 Å². The fourth-order valence-electron chi connectivity index (χ4n) is 3.29. The standard InChI is InChI=1S/C15H21N3O2/c1-16-13-7-6-11(10-14(13)18(19)20)15(8-9-15)17-12-4-2-3-5-12/h6-7,10,12,16-17H,2-5,8-9H2,1H3. The van der Waals surface area contributed by atoms with E-state index in [0.29, 0.717) is 11.7 Å². The summed E-state index contributed by atoms with van der Waals surface area (Å²) in [5.74, 6) is 0. The number of nitro groups is 1. The highest BCUT2D eigenvalue weighted by molar-refractivity contribution is 5.63. The first-order valence-corrected chi connectivity index (χ1v) is 7.39. The highest BCUT2D eigenvalue weighted by atomic mass is 16.6. The number of benzene rings is 1. The fourth-order valence-corrected chi connectivity index (χ4v) is 3.29. The number of nitrogens with zero attached hydrogens (tertiary/aromatic N) is 1. The number of hydrogen-bond acceptors (Lipinski definition) is 4. The monoisotopic (exact) mass is 275 g/mol. The Kier molecular flexibility index (Phi) is 3.38. The zero-order valence-corrected chi connectivity index (χ0v) is 11.8. The molecule has 108 valence electrons. The minimum Gasteiger partial charge on any atom is -0.383 e. The van der Waals surface area contributed by atoms with Crippen LogP contribution in [-0.4, -0.2) is 18.0 Å². The molecule has 1 aromatic carbocycles. The molecule has 5 nitrogen and oxygen atoms in total. The Labute approximate surface area is 118 Å². The van der Waals surface area contributed by atoms with Gasteiger partial charge in [0.25, 0.3) is 5.69 Å². The van der Waals surface area contributed by atoms with Gasteiger partial charge in [0.1, 0.15) is 5.69 Å². The van der Waals surface area contributed by atoms with E-state index in [1.54, 1.807) is 13.1 Å². The molecule has 2 aliphatic carbocycles. The second kappa shape index (κ2) is 5.05. The predicted octanol–water partition coefficient (Wildman–Crippen LogP) is 3.16. The maximum absolute atomic E-state index is 11.2. The quantitative estimate of drug-likeness (QED) is 0.640. The van der Waals surface area contributed by atoms with Crippen molar-refractivity contribution in [1.82, 2.24) is 5.32 Å². The number of rotatable bonds is 5. The van der Waals surface area contributed by atoms with Crippen LogP contribution in [0, 0.1) is 10.1 Å². The van der Waals surface area contributed by atoms with E-state index < -0.39 is 0 Å². The molecule has 0 aromatic heterocycles. The van der Waals surface area contributed by atoms with E-state index in [0.717, 1.165) is 18.4 Å². The van der Waals surface area contributed by atoms with Crippen LogP contribution in [0.15, 0.2) is 18.2 Å². The lowest BCUT2D eigenvalue weighted by Gasteiger charge is -2.23. The Hall–Kier alpha value is -1.62. The van der Waals surface area contributed by atoms with Crippen LogP contribution in [0.3, 0.4) is 0 Å². The van der Waals surface area contributed by atoms with Crippen LogP contribution >= 0.6 is 0 Å². The Morgan fingerprint density at radius 3 is 2.55 bits per heavy atom. The number of nitro benzene ring substituents is 1. The molecule has 3 rings (SSSR count). The Bertz CT molecular complexity index is 520. The molecule has 2 saturated carbocycles. The molecule has 2 aliphatic rings. The largest absolute Gasteiger partial charge is 0.383 e. The summed E-state index contributed by atoms with van der Waals surface area (Å²) in [6.45, 7) is 0. The van der Waals surface area contributed by atoms with Crippen LogP contribution in [0.1, 0.15) is 44.1 Å². The Morgan fingerprint density at radius 2 is 2.00 bits per heavy atom. The minimum atomic E-state index is -0.305. The molecule has 20 heavy (non-hydrogen) atoms. The lowest BCUT2D eigenvalue weighted by molar-refractivity contribution is -0.384. The topological polar surface area (TPSA) is 67.2 Å². The van der Waals surface area contributed by atoms with E-state index in [1.807, 2.05) is 12.1 Å². The Morgan fingerprint density at radius 1 is 1.30 bits per heavy atom. The van der Waals surface area contributed by atoms with E-state index in [1.165, 1.54) is 25.7 Å². The average molecular weight is 275 g/mol. The molecule has 2 fully saturated rings. The third-order valence-corrected chi connectivity index (χ3v) is 4.60. The highest BCUT2D eigenvalue weighted by Crippen LogP contribution is 2.48. The van der Waals surface area contributed by atoms with Crippen LogP contribution in [0.5, 0.6) is 0 Å². The molecule has 0 saturated heterocycles. The SMILES string of the molecule is CNc1ccc(C2(NC3CCCC3)CC2)cc1[N+](=O)[O-]. The zero-order valence-electron chi connectivity index (χ0n) is 11.8. The van der Waals surface area contributed by atoms with Crippen LogP contribution in [0.25, 0.3) is 0 Å². The van der Waals surface area contributed by atoms with Crippen molar-refractivity contribution in [1.29, 1.82) is 0 Å². The number of anilines is 1. The molecular weight excluding hydrogens is 254 g/mol. The predicted molar refractivity (Wildman–Crippen MR) is 78.9 cm³/mol. The molecule has 0 bridgehead atoms. The second-order valence-corrected chi connectivity index (χ2v) is 5.95. The van der Waals surface area contributed by atoms with Crippen molar-refractivity contribution < 1.29 is 4.92 Å². The van der Waals surface area contributed by atoms with E-state index in [-0.39, 0.29) is 16.1 Å². The fraction of sp³-hybridized carbons (Fsp3) is 0.600. The molecule has 0 unspecified atom stereocenters. The Balaban J connectivity index is 1.85. The molecule has 0 spiro atoms. The summed E-state index contributed by atoms with van der Waals surface area (Å²) >= 11 is 0. The molecule has 5 heteroatoms. The maximum atomic E-state index is 11.2. The van der Waals surface area contributed by atoms with Crippen molar-refractivity contribution in [3.05, 3.63) is 33.9 Å². The minimum absolute atomic E-state index is 0.00790. The molecule has 0 heterocycles. The lowest BCUT2D eigenvalue weighted by atomic mass is 10.0. The van der Waals surface area contributed by atoms with Crippen molar-refractivity contribution in [2.45, 2.75) is 50.1 Å². The number of nitrogens with one attached hydrogen (secondary N) is 2. The summed E-state index contributed by atoms with van der Waals surface area (Å²) in [6, 6.07) is 6.17. The van der Waals surface area contributed by atoms with Gasteiger partial charge in [0.2, 0.25) is 0 Å². The average Bonchev–Trinajstić information content (AvgIpc) is 3.04. The van der Waals surface area contributed by atoms with Gasteiger partial charge >= 0.3 is 0 Å². The summed E-state index contributed by atoms with van der Waals surface area (Å²) in [7, 11) is 1.71. The smallest absolute Gasteiger partial charge is 0.292 e. The van der Waals surface area contributed by atoms with Crippen molar-refractivity contribution in [2.24, 2.45) is 0 Å². The van der Waals surface area contributed by atoms with Crippen LogP contribution in [-0.2, 0) is 5.54 Å². The van der Waals surface area contributed by atoms with Gasteiger partial charge in [0, 0.05) is 24.7 Å². The molecule has 0 aliphatic heterocycles. The third kappa shape index (κ3) is 2.38. The first-order valence-electron chi connectivity index (χ1n) is 7.39. The van der Waals surface area contributed by atoms with E-state index >= 15 is 0 Å². The first-order chi connectivity index (χ1) is 9.64. The molecule has 2 N–H and O–H groups in total. The van der Waals surface area contributed by atoms with Crippen LogP contribution < -0.4 is 10.6 Å². The third-order valence-electron chi connectivity index (χ3n) is 4.60. The molecule has 0 amide bonds. The van der Waals surface area contributed by atoms with Crippen molar-refractivity contribution in [3.8, 4) is 0 Å². The van der Waals surface area contributed by atoms with Crippen LogP contribution in [0.2, 0.25) is 0 Å². The molecule has 1 aromatic rings. The van der Waals surface area contributed by atoms with Gasteiger partial charge in [0.15, 0.2) is 0 Å². The summed E-state index contributed by atoms with van der Waals surface area (Å²) < 4.78 is 0. The van der Waals surface area contributed by atoms with Gasteiger partial charge in [-0.05, 0) is 37.3 Å². The second-order valence-electron chi connectivity index (χ2n) is 5.95. The van der Waals surface area contributed by atoms with Crippen molar-refractivity contribution >= 4 is 11.4 Å². The molecular formula is C15H21N3O2. The van der Waals surface area contributed by atoms with Gasteiger partial charge in [-0.15, -0.1) is 0 Å². The van der Waals surface area contributed by atoms with Crippen molar-refractivity contribution in [2.75, 3.05) is 12.4 Å². The van der Waals surface area contributed by atoms with Gasteiger partial charge in [-0.2, -0.15) is 0 Å². The van der Waals surface area contributed by atoms with Gasteiger partial charge < -0.3 is 10.6 Å². The summed E-state index contributed by atoms with van der Waals surface area (Å²) in [4.78, 5) is 10.9. The normalized spacial score (nSPS) is 20.9. The zero-order chi connectivity index (χ0) is 14.2. The molecule has 0 atom stereocenters. The summed E-state index contributed by atoms with van der Waals surface area (Å²) in [6.07, 6.45) is 7.23. The summed E-state index contributed by atoms with van der Waals surface area (Å²) in [5, 5.41) is 17.8. The summed E-state index contributed by atoms with van der Waals surface area (Å²) in [5.41, 5.74) is 1.81. The first kappa shape index (κ1) is 13.4. The highest BCUT2D eigenvalue weighted by Gasteiger charge is 2.46. The van der Waals surface area contributed by atoms with E-state index in [2.05, 4.69) is 10.6 Å². The van der Waals surface area contributed by atoms with Crippen LogP contribution in [0.4, 0.5) is 11.4 Å². The van der Waals surface area contributed by atoms with Gasteiger partial charge in [-0.25, -0.2) is 0 Å². The van der Waals surface area contributed by atoms with Gasteiger partial charge in [-0.3, -0.25) is 10.1 Å². The van der Waals surface area contributed by atoms with E-state index in [9.17, 15) is 10.1 Å². The number of hydrogen-bond donors (Lipinski definition) is 2.